The van der Waals surface area contributed by atoms with Crippen molar-refractivity contribution in [1.82, 2.24) is 4.90 Å². The monoisotopic (exact) mass is 399 g/mol. The Kier molecular flexibility index (Phi) is 6.56. The molecular formula is C21H22FN3O4. The molecule has 0 unspecified atom stereocenters. The summed E-state index contributed by atoms with van der Waals surface area (Å²) in [7, 11) is 1.62. The first-order valence-corrected chi connectivity index (χ1v) is 9.13. The molecule has 0 atom stereocenters. The second-order valence-electron chi connectivity index (χ2n) is 6.59. The van der Waals surface area contributed by atoms with Gasteiger partial charge in [-0.2, -0.15) is 0 Å². The summed E-state index contributed by atoms with van der Waals surface area (Å²) in [5.41, 5.74) is 2.11. The van der Waals surface area contributed by atoms with Crippen LogP contribution in [0.3, 0.4) is 0 Å². The maximum absolute atomic E-state index is 14.4. The number of aldehydes is 1. The maximum atomic E-state index is 14.4. The smallest absolute Gasteiger partial charge is 0.257 e. The third-order valence-corrected chi connectivity index (χ3v) is 4.61. The van der Waals surface area contributed by atoms with Crippen LogP contribution in [0.15, 0.2) is 36.4 Å². The fourth-order valence-corrected chi connectivity index (χ4v) is 3.02. The normalized spacial score (nSPS) is 13.5. The fraction of sp³-hybridized carbons (Fsp3) is 0.286. The molecule has 152 valence electrons. The van der Waals surface area contributed by atoms with Crippen molar-refractivity contribution >= 4 is 24.1 Å². The summed E-state index contributed by atoms with van der Waals surface area (Å²) in [6.45, 7) is 0.937. The van der Waals surface area contributed by atoms with Gasteiger partial charge in [0.25, 0.3) is 5.91 Å². The molecule has 0 bridgehead atoms. The van der Waals surface area contributed by atoms with E-state index in [4.69, 9.17) is 14.9 Å². The summed E-state index contributed by atoms with van der Waals surface area (Å²) in [5, 5.41) is 10.1. The first-order chi connectivity index (χ1) is 14.0. The van der Waals surface area contributed by atoms with E-state index < -0.39 is 11.7 Å². The molecular weight excluding hydrogens is 377 g/mol. The van der Waals surface area contributed by atoms with E-state index in [1.54, 1.807) is 7.05 Å². The Morgan fingerprint density at radius 1 is 1.34 bits per heavy atom. The van der Waals surface area contributed by atoms with Gasteiger partial charge in [-0.05, 0) is 23.3 Å². The number of ether oxygens (including phenoxy) is 2. The number of nitrogens with one attached hydrogen (secondary N) is 2. The van der Waals surface area contributed by atoms with E-state index in [2.05, 4.69) is 5.32 Å². The lowest BCUT2D eigenvalue weighted by Gasteiger charge is -2.39. The van der Waals surface area contributed by atoms with Gasteiger partial charge in [0.15, 0.2) is 6.29 Å². The third-order valence-electron chi connectivity index (χ3n) is 4.61. The molecule has 2 aromatic carbocycles. The molecule has 1 saturated heterocycles. The van der Waals surface area contributed by atoms with E-state index in [0.717, 1.165) is 17.2 Å². The molecule has 2 aromatic rings. The zero-order valence-electron chi connectivity index (χ0n) is 16.0. The summed E-state index contributed by atoms with van der Waals surface area (Å²) >= 11 is 0. The van der Waals surface area contributed by atoms with Crippen LogP contribution >= 0.6 is 0 Å². The average Bonchev–Trinajstić information content (AvgIpc) is 2.71. The highest BCUT2D eigenvalue weighted by molar-refractivity contribution is 5.96. The van der Waals surface area contributed by atoms with E-state index in [9.17, 15) is 14.0 Å². The second-order valence-corrected chi connectivity index (χ2v) is 6.59. The van der Waals surface area contributed by atoms with Crippen molar-refractivity contribution in [2.24, 2.45) is 0 Å². The number of hydrogen-bond acceptors (Lipinski definition) is 6. The fourth-order valence-electron chi connectivity index (χ4n) is 3.02. The Morgan fingerprint density at radius 2 is 2.14 bits per heavy atom. The van der Waals surface area contributed by atoms with Gasteiger partial charge in [-0.1, -0.05) is 18.2 Å². The number of nitrogens with zero attached hydrogens (tertiary/aromatic N) is 1. The zero-order valence-corrected chi connectivity index (χ0v) is 16.0. The molecule has 7 nitrogen and oxygen atoms in total. The van der Waals surface area contributed by atoms with Crippen LogP contribution in [0.25, 0.3) is 0 Å². The van der Waals surface area contributed by atoms with Crippen LogP contribution in [0.4, 0.5) is 10.1 Å². The number of benzene rings is 2. The van der Waals surface area contributed by atoms with Gasteiger partial charge in [-0.25, -0.2) is 4.39 Å². The van der Waals surface area contributed by atoms with Crippen molar-refractivity contribution in [2.45, 2.75) is 12.7 Å². The second kappa shape index (κ2) is 9.29. The summed E-state index contributed by atoms with van der Waals surface area (Å²) < 4.78 is 25.4. The molecule has 0 spiro atoms. The number of amides is 1. The van der Waals surface area contributed by atoms with Gasteiger partial charge in [0.2, 0.25) is 0 Å². The van der Waals surface area contributed by atoms with Crippen LogP contribution in [-0.2, 0) is 16.1 Å². The Morgan fingerprint density at radius 3 is 2.83 bits per heavy atom. The van der Waals surface area contributed by atoms with Crippen LogP contribution in [0.5, 0.6) is 5.75 Å². The Labute approximate surface area is 167 Å². The van der Waals surface area contributed by atoms with E-state index in [-0.39, 0.29) is 24.0 Å². The first-order valence-electron chi connectivity index (χ1n) is 9.13. The predicted octanol–water partition coefficient (Wildman–Crippen LogP) is 2.48. The molecule has 0 saturated carbocycles. The van der Waals surface area contributed by atoms with Crippen LogP contribution in [0.2, 0.25) is 0 Å². The number of carbonyl (C=O) groups excluding carboxylic acids is 2. The van der Waals surface area contributed by atoms with Gasteiger partial charge in [0.1, 0.15) is 18.2 Å². The standard InChI is InChI=1S/C21H22FN3O4/c1-24-19-8-17(18(22)9-20(19)28-6-5-26)21(27)25-11-16(12-25)29-13-15-4-2-3-14(7-15)10-23/h2-5,7-10,16,23-24H,6,11-13H2,1H3. The minimum Gasteiger partial charge on any atom is -0.484 e. The summed E-state index contributed by atoms with van der Waals surface area (Å²) in [4.78, 5) is 24.6. The van der Waals surface area contributed by atoms with Crippen molar-refractivity contribution < 1.29 is 23.5 Å². The average molecular weight is 399 g/mol. The van der Waals surface area contributed by atoms with Crippen LogP contribution in [-0.4, -0.2) is 56.2 Å². The molecule has 3 rings (SSSR count). The molecule has 29 heavy (non-hydrogen) atoms. The molecule has 2 N–H and O–H groups in total. The van der Waals surface area contributed by atoms with Crippen molar-refractivity contribution in [2.75, 3.05) is 32.1 Å². The molecule has 1 amide bonds. The van der Waals surface area contributed by atoms with E-state index in [0.29, 0.717) is 31.7 Å². The summed E-state index contributed by atoms with van der Waals surface area (Å²) in [6.07, 6.45) is 1.72. The van der Waals surface area contributed by atoms with E-state index in [1.165, 1.54) is 17.2 Å². The molecule has 0 radical (unpaired) electrons. The topological polar surface area (TPSA) is 91.7 Å². The number of likely N-dealkylation sites (tertiary alicyclic amines) is 1. The quantitative estimate of drug-likeness (QED) is 0.499. The van der Waals surface area contributed by atoms with Crippen LogP contribution in [0.1, 0.15) is 21.5 Å². The predicted molar refractivity (Wildman–Crippen MR) is 106 cm³/mol. The SMILES string of the molecule is CNc1cc(C(=O)N2CC(OCc3cccc(C=N)c3)C2)c(F)cc1OCC=O. The van der Waals surface area contributed by atoms with Crippen LogP contribution < -0.4 is 10.1 Å². The van der Waals surface area contributed by atoms with Crippen molar-refractivity contribution in [3.8, 4) is 5.75 Å². The highest BCUT2D eigenvalue weighted by Crippen LogP contribution is 2.29. The Bertz CT molecular complexity index is 913. The number of rotatable bonds is 9. The molecule has 0 aliphatic carbocycles. The molecule has 0 aromatic heterocycles. The van der Waals surface area contributed by atoms with Crippen molar-refractivity contribution in [3.05, 3.63) is 58.9 Å². The van der Waals surface area contributed by atoms with Crippen molar-refractivity contribution in [1.29, 1.82) is 5.41 Å². The lowest BCUT2D eigenvalue weighted by molar-refractivity contribution is -0.109. The highest BCUT2D eigenvalue weighted by Gasteiger charge is 2.33. The minimum atomic E-state index is -0.706. The number of anilines is 1. The van der Waals surface area contributed by atoms with E-state index >= 15 is 0 Å². The third kappa shape index (κ3) is 4.78. The largest absolute Gasteiger partial charge is 0.484 e. The first kappa shape index (κ1) is 20.5. The minimum absolute atomic E-state index is 0.0649. The summed E-state index contributed by atoms with van der Waals surface area (Å²) in [5.74, 6) is -0.958. The lowest BCUT2D eigenvalue weighted by Crippen LogP contribution is -2.54. The van der Waals surface area contributed by atoms with Crippen LogP contribution in [0, 0.1) is 11.2 Å². The molecule has 1 aliphatic heterocycles. The molecule has 1 heterocycles. The molecule has 1 fully saturated rings. The highest BCUT2D eigenvalue weighted by atomic mass is 19.1. The van der Waals surface area contributed by atoms with Gasteiger partial charge < -0.3 is 25.1 Å². The van der Waals surface area contributed by atoms with Gasteiger partial charge in [-0.3, -0.25) is 9.59 Å². The summed E-state index contributed by atoms with van der Waals surface area (Å²) in [6, 6.07) is 9.97. The van der Waals surface area contributed by atoms with Gasteiger partial charge in [-0.15, -0.1) is 0 Å². The van der Waals surface area contributed by atoms with Gasteiger partial charge in [0.05, 0.1) is 24.0 Å². The van der Waals surface area contributed by atoms with Gasteiger partial charge >= 0.3 is 0 Å². The number of hydrogen-bond donors (Lipinski definition) is 2. The van der Waals surface area contributed by atoms with Crippen molar-refractivity contribution in [3.63, 3.8) is 0 Å². The van der Waals surface area contributed by atoms with Gasteiger partial charge in [0, 0.05) is 32.4 Å². The Balaban J connectivity index is 1.58. The lowest BCUT2D eigenvalue weighted by atomic mass is 10.1. The molecule has 1 aliphatic rings. The maximum Gasteiger partial charge on any atom is 0.257 e. The Hall–Kier alpha value is -3.26. The number of carbonyl (C=O) groups is 2. The number of halogens is 1. The van der Waals surface area contributed by atoms with E-state index in [1.807, 2.05) is 24.3 Å². The molecule has 8 heteroatoms. The zero-order chi connectivity index (χ0) is 20.8.